The lowest BCUT2D eigenvalue weighted by Crippen LogP contribution is -2.41. The topological polar surface area (TPSA) is 48.9 Å². The molecule has 0 aliphatic carbocycles. The van der Waals surface area contributed by atoms with Crippen LogP contribution < -0.4 is 10.6 Å². The van der Waals surface area contributed by atoms with E-state index in [0.29, 0.717) is 12.1 Å². The van der Waals surface area contributed by atoms with Crippen molar-refractivity contribution in [3.63, 3.8) is 0 Å². The third kappa shape index (κ3) is 7.36. The molecule has 1 aromatic rings. The predicted octanol–water partition coefficient (Wildman–Crippen LogP) is 2.60. The molecule has 1 unspecified atom stereocenters. The summed E-state index contributed by atoms with van der Waals surface area (Å²) in [5.74, 6) is 0.840. The summed E-state index contributed by atoms with van der Waals surface area (Å²) in [6.07, 6.45) is 0.332. The number of guanidine groups is 1. The Labute approximate surface area is 163 Å². The molecule has 136 valence electrons. The smallest absolute Gasteiger partial charge is 0.191 e. The molecule has 0 spiro atoms. The van der Waals surface area contributed by atoms with Crippen molar-refractivity contribution in [3.8, 4) is 0 Å². The Morgan fingerprint density at radius 2 is 2.12 bits per heavy atom. The Kier molecular flexibility index (Phi) is 9.61. The summed E-state index contributed by atoms with van der Waals surface area (Å²) in [6, 6.07) is 9.13. The number of halogens is 1. The number of morpholine rings is 1. The van der Waals surface area contributed by atoms with Crippen molar-refractivity contribution in [2.24, 2.45) is 4.99 Å². The molecule has 1 atom stereocenters. The number of hydrogen-bond acceptors (Lipinski definition) is 3. The van der Waals surface area contributed by atoms with E-state index in [2.05, 4.69) is 65.6 Å². The largest absolute Gasteiger partial charge is 0.376 e. The maximum absolute atomic E-state index is 5.61. The van der Waals surface area contributed by atoms with Crippen molar-refractivity contribution in [1.29, 1.82) is 0 Å². The average Bonchev–Trinajstić information content (AvgIpc) is 2.51. The molecule has 0 amide bonds. The lowest BCUT2D eigenvalue weighted by molar-refractivity contribution is -0.0212. The highest BCUT2D eigenvalue weighted by molar-refractivity contribution is 14.0. The van der Waals surface area contributed by atoms with Crippen molar-refractivity contribution in [3.05, 3.63) is 35.4 Å². The van der Waals surface area contributed by atoms with E-state index >= 15 is 0 Å². The van der Waals surface area contributed by atoms with Crippen LogP contribution in [0.3, 0.4) is 0 Å². The molecule has 24 heavy (non-hydrogen) atoms. The van der Waals surface area contributed by atoms with E-state index in [1.54, 1.807) is 7.05 Å². The highest BCUT2D eigenvalue weighted by Crippen LogP contribution is 2.12. The van der Waals surface area contributed by atoms with E-state index in [1.807, 2.05) is 0 Å². The molecular weight excluding hydrogens is 415 g/mol. The van der Waals surface area contributed by atoms with Crippen LogP contribution in [0.2, 0.25) is 0 Å². The SMILES string of the molecule is CN=C(NCc1cccc(CN2CCOC(C)C2)c1)NC(C)C.I. The van der Waals surface area contributed by atoms with Crippen molar-refractivity contribution in [1.82, 2.24) is 15.5 Å². The lowest BCUT2D eigenvalue weighted by atomic mass is 10.1. The second-order valence-corrected chi connectivity index (χ2v) is 6.46. The normalized spacial score (nSPS) is 19.0. The summed E-state index contributed by atoms with van der Waals surface area (Å²) in [4.78, 5) is 6.70. The zero-order chi connectivity index (χ0) is 16.7. The molecule has 1 aromatic carbocycles. The highest BCUT2D eigenvalue weighted by atomic mass is 127. The van der Waals surface area contributed by atoms with Gasteiger partial charge in [-0.25, -0.2) is 0 Å². The number of nitrogens with one attached hydrogen (secondary N) is 2. The molecule has 1 heterocycles. The van der Waals surface area contributed by atoms with Crippen LogP contribution in [0.5, 0.6) is 0 Å². The molecule has 1 aliphatic heterocycles. The van der Waals surface area contributed by atoms with Gasteiger partial charge in [0.25, 0.3) is 0 Å². The Morgan fingerprint density at radius 1 is 1.38 bits per heavy atom. The molecule has 1 fully saturated rings. The Bertz CT molecular complexity index is 521. The van der Waals surface area contributed by atoms with Gasteiger partial charge in [0, 0.05) is 39.3 Å². The fourth-order valence-electron chi connectivity index (χ4n) is 2.78. The quantitative estimate of drug-likeness (QED) is 0.415. The summed E-state index contributed by atoms with van der Waals surface area (Å²) in [5, 5.41) is 6.66. The first-order valence-electron chi connectivity index (χ1n) is 8.45. The Morgan fingerprint density at radius 3 is 2.79 bits per heavy atom. The maximum Gasteiger partial charge on any atom is 0.191 e. The first-order chi connectivity index (χ1) is 11.1. The highest BCUT2D eigenvalue weighted by Gasteiger charge is 2.16. The number of aliphatic imine (C=N–C) groups is 1. The van der Waals surface area contributed by atoms with E-state index in [9.17, 15) is 0 Å². The van der Waals surface area contributed by atoms with Crippen molar-refractivity contribution in [2.75, 3.05) is 26.7 Å². The Hall–Kier alpha value is -0.860. The monoisotopic (exact) mass is 446 g/mol. The summed E-state index contributed by atoms with van der Waals surface area (Å²) < 4.78 is 5.61. The third-order valence-electron chi connectivity index (χ3n) is 3.83. The van der Waals surface area contributed by atoms with Crippen LogP contribution in [-0.2, 0) is 17.8 Å². The van der Waals surface area contributed by atoms with Gasteiger partial charge in [0.1, 0.15) is 0 Å². The first kappa shape index (κ1) is 21.2. The van der Waals surface area contributed by atoms with Crippen molar-refractivity contribution in [2.45, 2.75) is 46.0 Å². The van der Waals surface area contributed by atoms with Gasteiger partial charge in [-0.05, 0) is 31.9 Å². The molecule has 5 nitrogen and oxygen atoms in total. The molecule has 1 saturated heterocycles. The minimum atomic E-state index is 0. The van der Waals surface area contributed by atoms with E-state index in [1.165, 1.54) is 11.1 Å². The van der Waals surface area contributed by atoms with E-state index in [0.717, 1.165) is 38.7 Å². The van der Waals surface area contributed by atoms with Gasteiger partial charge in [-0.2, -0.15) is 0 Å². The standard InChI is InChI=1S/C18H30N4O.HI/c1-14(2)21-18(19-4)20-11-16-6-5-7-17(10-16)13-22-8-9-23-15(3)12-22;/h5-7,10,14-15H,8-9,11-13H2,1-4H3,(H2,19,20,21);1H. The van der Waals surface area contributed by atoms with Crippen LogP contribution in [-0.4, -0.2) is 49.7 Å². The van der Waals surface area contributed by atoms with Gasteiger partial charge in [0.05, 0.1) is 12.7 Å². The fraction of sp³-hybridized carbons (Fsp3) is 0.611. The number of nitrogens with zero attached hydrogens (tertiary/aromatic N) is 2. The van der Waals surface area contributed by atoms with Gasteiger partial charge < -0.3 is 15.4 Å². The van der Waals surface area contributed by atoms with Crippen molar-refractivity contribution >= 4 is 29.9 Å². The average molecular weight is 446 g/mol. The molecule has 0 saturated carbocycles. The van der Waals surface area contributed by atoms with Crippen LogP contribution in [0.25, 0.3) is 0 Å². The number of ether oxygens (including phenoxy) is 1. The minimum absolute atomic E-state index is 0. The molecule has 6 heteroatoms. The van der Waals surface area contributed by atoms with Crippen molar-refractivity contribution < 1.29 is 4.74 Å². The predicted molar refractivity (Wildman–Crippen MR) is 111 cm³/mol. The van der Waals surface area contributed by atoms with Gasteiger partial charge in [-0.1, -0.05) is 24.3 Å². The van der Waals surface area contributed by atoms with Crippen LogP contribution in [0.1, 0.15) is 31.9 Å². The first-order valence-corrected chi connectivity index (χ1v) is 8.45. The van der Waals surface area contributed by atoms with Gasteiger partial charge >= 0.3 is 0 Å². The van der Waals surface area contributed by atoms with E-state index < -0.39 is 0 Å². The molecular formula is C18H31IN4O. The van der Waals surface area contributed by atoms with E-state index in [-0.39, 0.29) is 24.0 Å². The molecule has 1 aliphatic rings. The fourth-order valence-corrected chi connectivity index (χ4v) is 2.78. The van der Waals surface area contributed by atoms with Crippen LogP contribution >= 0.6 is 24.0 Å². The second-order valence-electron chi connectivity index (χ2n) is 6.46. The summed E-state index contributed by atoms with van der Waals surface area (Å²) in [5.41, 5.74) is 2.63. The van der Waals surface area contributed by atoms with Gasteiger partial charge in [-0.15, -0.1) is 24.0 Å². The maximum atomic E-state index is 5.61. The zero-order valence-corrected chi connectivity index (χ0v) is 17.5. The minimum Gasteiger partial charge on any atom is -0.376 e. The summed E-state index contributed by atoms with van der Waals surface area (Å²) in [7, 11) is 1.80. The summed E-state index contributed by atoms with van der Waals surface area (Å²) >= 11 is 0. The third-order valence-corrected chi connectivity index (χ3v) is 3.83. The second kappa shape index (κ2) is 10.9. The number of rotatable bonds is 5. The Balaban J connectivity index is 0.00000288. The molecule has 0 radical (unpaired) electrons. The zero-order valence-electron chi connectivity index (χ0n) is 15.2. The van der Waals surface area contributed by atoms with E-state index in [4.69, 9.17) is 4.74 Å². The number of hydrogen-bond donors (Lipinski definition) is 2. The van der Waals surface area contributed by atoms with Gasteiger partial charge in [-0.3, -0.25) is 9.89 Å². The molecule has 2 N–H and O–H groups in total. The molecule has 0 aromatic heterocycles. The van der Waals surface area contributed by atoms with Gasteiger partial charge in [0.15, 0.2) is 5.96 Å². The van der Waals surface area contributed by atoms with Crippen LogP contribution in [0, 0.1) is 0 Å². The summed E-state index contributed by atoms with van der Waals surface area (Å²) in [6.45, 7) is 11.0. The van der Waals surface area contributed by atoms with Gasteiger partial charge in [0.2, 0.25) is 0 Å². The van der Waals surface area contributed by atoms with Crippen LogP contribution in [0.4, 0.5) is 0 Å². The lowest BCUT2D eigenvalue weighted by Gasteiger charge is -2.31. The number of benzene rings is 1. The molecule has 0 bridgehead atoms. The van der Waals surface area contributed by atoms with Crippen LogP contribution in [0.15, 0.2) is 29.3 Å². The molecule has 2 rings (SSSR count).